The quantitative estimate of drug-likeness (QED) is 0.155. The van der Waals surface area contributed by atoms with Crippen LogP contribution in [0.4, 0.5) is 68.2 Å². The molecule has 99 heavy (non-hydrogen) atoms. The summed E-state index contributed by atoms with van der Waals surface area (Å²) in [4.78, 5) is 10.1. The van der Waals surface area contributed by atoms with Gasteiger partial charge in [0.25, 0.3) is 13.4 Å². The van der Waals surface area contributed by atoms with Crippen LogP contribution < -0.4 is 52.4 Å². The summed E-state index contributed by atoms with van der Waals surface area (Å²) >= 11 is 0. The Morgan fingerprint density at radius 2 is 0.576 bits per heavy atom. The molecule has 4 aliphatic heterocycles. The minimum atomic E-state index is -0.128. The standard InChI is InChI=1S/C90H53B2N5O2/c1-5-24-54(25-6-1)56-46-80-86-82(48-56)95(74-42-22-36-64-60-32-13-19-44-84(60)98-89(64)74)72-40-17-15-38-68(72)91(86)70-50-66-62-34-21-35-63-67-51-71-79(53-77(67)97(88(62)63)76(66)52-78(70)93(80)58-28-9-3-10-29-58)94(59-30-11-4-12-31-59)81-47-57(55-26-7-2-8-27-55)49-83-87(81)92(71)69-39-16-18-41-73(69)96(83)75-43-23-37-65-61-33-14-20-45-85(61)99-90(65)75/h1-53H. The molecule has 0 N–H and O–H groups in total. The molecule has 0 saturated carbocycles. The molecule has 0 atom stereocenters. The number of para-hydroxylation sites is 9. The van der Waals surface area contributed by atoms with E-state index in [2.05, 4.69) is 346 Å². The molecule has 0 radical (unpaired) electrons. The lowest BCUT2D eigenvalue weighted by atomic mass is 9.33. The summed E-state index contributed by atoms with van der Waals surface area (Å²) in [6, 6.07) is 119. The van der Waals surface area contributed by atoms with Crippen LogP contribution in [0.3, 0.4) is 0 Å². The van der Waals surface area contributed by atoms with E-state index in [0.717, 1.165) is 145 Å². The number of fused-ring (bicyclic) bond motifs is 20. The van der Waals surface area contributed by atoms with Gasteiger partial charge in [-0.15, -0.1) is 0 Å². The van der Waals surface area contributed by atoms with Crippen LogP contribution >= 0.6 is 0 Å². The zero-order chi connectivity index (χ0) is 64.3. The van der Waals surface area contributed by atoms with Gasteiger partial charge in [-0.05, 0) is 152 Å². The number of hydrogen-bond acceptors (Lipinski definition) is 6. The fraction of sp³-hybridized carbons (Fsp3) is 0. The number of nitrogens with zero attached hydrogens (tertiary/aromatic N) is 5. The summed E-state index contributed by atoms with van der Waals surface area (Å²) in [5.41, 5.74) is 32.4. The minimum Gasteiger partial charge on any atom is -0.454 e. The molecule has 15 aromatic carbocycles. The number of aromatic nitrogens is 1. The molecular formula is C90H53B2N5O2. The molecule has 0 unspecified atom stereocenters. The summed E-state index contributed by atoms with van der Waals surface area (Å²) in [6.45, 7) is -0.257. The van der Waals surface area contributed by atoms with Crippen molar-refractivity contribution in [1.82, 2.24) is 4.40 Å². The third-order valence-electron chi connectivity index (χ3n) is 22.0. The van der Waals surface area contributed by atoms with Crippen LogP contribution in [0.25, 0.3) is 104 Å². The Balaban J connectivity index is 0.797. The molecule has 23 rings (SSSR count). The number of rotatable bonds is 6. The van der Waals surface area contributed by atoms with Crippen LogP contribution in [0.2, 0.25) is 0 Å². The van der Waals surface area contributed by atoms with Crippen LogP contribution in [-0.2, 0) is 0 Å². The van der Waals surface area contributed by atoms with Crippen LogP contribution in [0, 0.1) is 0 Å². The topological polar surface area (TPSA) is 43.7 Å². The first-order chi connectivity index (χ1) is 49.1. The zero-order valence-corrected chi connectivity index (χ0v) is 53.3. The van der Waals surface area contributed by atoms with Crippen molar-refractivity contribution in [2.75, 3.05) is 19.6 Å². The Bertz CT molecular complexity index is 6270. The predicted octanol–water partition coefficient (Wildman–Crippen LogP) is 20.1. The van der Waals surface area contributed by atoms with E-state index in [9.17, 15) is 0 Å². The second kappa shape index (κ2) is 19.8. The second-order valence-corrected chi connectivity index (χ2v) is 27.0. The molecule has 0 aliphatic carbocycles. The molecule has 8 heterocycles. The van der Waals surface area contributed by atoms with E-state index >= 15 is 0 Å². The molecule has 19 aromatic rings. The molecule has 4 aromatic heterocycles. The van der Waals surface area contributed by atoms with E-state index in [0.29, 0.717) is 0 Å². The smallest absolute Gasteiger partial charge is 0.252 e. The minimum absolute atomic E-state index is 0.128. The number of furan rings is 2. The lowest BCUT2D eigenvalue weighted by Gasteiger charge is -2.44. The first kappa shape index (κ1) is 53.3. The van der Waals surface area contributed by atoms with Gasteiger partial charge in [-0.1, -0.05) is 224 Å². The molecule has 7 nitrogen and oxygen atoms in total. The monoisotopic (exact) mass is 1260 g/mol. The third-order valence-corrected chi connectivity index (χ3v) is 22.0. The van der Waals surface area contributed by atoms with Crippen molar-refractivity contribution >= 4 is 196 Å². The van der Waals surface area contributed by atoms with Crippen molar-refractivity contribution < 1.29 is 8.83 Å². The normalized spacial score (nSPS) is 13.5. The summed E-state index contributed by atoms with van der Waals surface area (Å²) < 4.78 is 16.5. The first-order valence-corrected chi connectivity index (χ1v) is 34.2. The average Bonchev–Trinajstić information content (AvgIpc) is 1.70. The second-order valence-electron chi connectivity index (χ2n) is 27.0. The van der Waals surface area contributed by atoms with Gasteiger partial charge < -0.3 is 32.8 Å². The van der Waals surface area contributed by atoms with Gasteiger partial charge in [-0.3, -0.25) is 0 Å². The Hall–Kier alpha value is -13.0. The fourth-order valence-corrected chi connectivity index (χ4v) is 18.0. The van der Waals surface area contributed by atoms with Gasteiger partial charge in [-0.2, -0.15) is 0 Å². The first-order valence-electron chi connectivity index (χ1n) is 34.2. The van der Waals surface area contributed by atoms with E-state index < -0.39 is 0 Å². The maximum Gasteiger partial charge on any atom is 0.252 e. The maximum absolute atomic E-state index is 6.96. The van der Waals surface area contributed by atoms with Gasteiger partial charge in [0.2, 0.25) is 0 Å². The molecule has 0 saturated heterocycles. The molecular weight excluding hydrogens is 1200 g/mol. The van der Waals surface area contributed by atoms with Gasteiger partial charge in [0.15, 0.2) is 11.2 Å². The van der Waals surface area contributed by atoms with Crippen molar-refractivity contribution in [1.29, 1.82) is 0 Å². The Kier molecular flexibility index (Phi) is 10.7. The highest BCUT2D eigenvalue weighted by molar-refractivity contribution is 7.01. The van der Waals surface area contributed by atoms with E-state index in [-0.39, 0.29) is 13.4 Å². The molecule has 0 amide bonds. The predicted molar refractivity (Wildman–Crippen MR) is 415 cm³/mol. The lowest BCUT2D eigenvalue weighted by Crippen LogP contribution is -2.61. The van der Waals surface area contributed by atoms with Gasteiger partial charge in [0.05, 0.1) is 27.9 Å². The highest BCUT2D eigenvalue weighted by Gasteiger charge is 2.47. The van der Waals surface area contributed by atoms with Crippen molar-refractivity contribution in [2.45, 2.75) is 0 Å². The molecule has 456 valence electrons. The van der Waals surface area contributed by atoms with Crippen molar-refractivity contribution in [3.63, 3.8) is 0 Å². The van der Waals surface area contributed by atoms with Gasteiger partial charge in [0, 0.05) is 100.0 Å². The number of benzene rings is 15. The van der Waals surface area contributed by atoms with Crippen LogP contribution in [0.15, 0.2) is 330 Å². The summed E-state index contributed by atoms with van der Waals surface area (Å²) in [6.07, 6.45) is 0. The molecule has 0 fully saturated rings. The average molecular weight is 1260 g/mol. The molecule has 9 heteroatoms. The van der Waals surface area contributed by atoms with Crippen LogP contribution in [0.1, 0.15) is 0 Å². The lowest BCUT2D eigenvalue weighted by molar-refractivity contribution is 0.669. The van der Waals surface area contributed by atoms with Crippen molar-refractivity contribution in [2.24, 2.45) is 0 Å². The number of hydrogen-bond donors (Lipinski definition) is 0. The van der Waals surface area contributed by atoms with Gasteiger partial charge in [0.1, 0.15) is 11.2 Å². The van der Waals surface area contributed by atoms with Crippen molar-refractivity contribution in [3.05, 3.63) is 322 Å². The molecule has 0 bridgehead atoms. The Labute approximate surface area is 569 Å². The van der Waals surface area contributed by atoms with Gasteiger partial charge in [-0.25, -0.2) is 0 Å². The summed E-state index contributed by atoms with van der Waals surface area (Å²) in [5.74, 6) is 0. The van der Waals surface area contributed by atoms with E-state index in [4.69, 9.17) is 8.83 Å². The van der Waals surface area contributed by atoms with Crippen LogP contribution in [0.5, 0.6) is 0 Å². The Morgan fingerprint density at radius 3 is 1.03 bits per heavy atom. The highest BCUT2D eigenvalue weighted by atomic mass is 16.3. The van der Waals surface area contributed by atoms with E-state index in [1.807, 2.05) is 0 Å². The highest BCUT2D eigenvalue weighted by Crippen LogP contribution is 2.53. The molecule has 0 spiro atoms. The van der Waals surface area contributed by atoms with Gasteiger partial charge >= 0.3 is 0 Å². The molecule has 4 aliphatic rings. The maximum atomic E-state index is 6.96. The fourth-order valence-electron chi connectivity index (χ4n) is 18.0. The SMILES string of the molecule is c1ccc(-c2cc3c4c(c2)N(c2cccc5c2oc2ccccc25)c2ccccc2B4c2cc4c5cccc6c7cc8c(cc7n(c4cc2N3c2ccccc2)c56)N(c2ccccc2)c2cc(-c3ccccc3)cc3c2B8c2ccccc2N3c2cccc3c2oc2ccccc23)cc1. The van der Waals surface area contributed by atoms with Crippen LogP contribution in [-0.4, -0.2) is 17.8 Å². The zero-order valence-electron chi connectivity index (χ0n) is 53.3. The summed E-state index contributed by atoms with van der Waals surface area (Å²) in [5, 5.41) is 9.32. The number of anilines is 12. The third kappa shape index (κ3) is 7.22. The Morgan fingerprint density at radius 1 is 0.222 bits per heavy atom. The van der Waals surface area contributed by atoms with E-state index in [1.54, 1.807) is 0 Å². The largest absolute Gasteiger partial charge is 0.454 e. The van der Waals surface area contributed by atoms with E-state index in [1.165, 1.54) is 59.8 Å². The van der Waals surface area contributed by atoms with Crippen molar-refractivity contribution in [3.8, 4) is 22.3 Å². The summed E-state index contributed by atoms with van der Waals surface area (Å²) in [7, 11) is 0.